The summed E-state index contributed by atoms with van der Waals surface area (Å²) in [7, 11) is 0. The molecule has 0 spiro atoms. The Hall–Kier alpha value is -1.31. The molecule has 90 valence electrons. The molecule has 1 heterocycles. The quantitative estimate of drug-likeness (QED) is 0.662. The largest absolute Gasteiger partial charge is 0.352 e. The van der Waals surface area contributed by atoms with E-state index in [9.17, 15) is 4.79 Å². The minimum Gasteiger partial charge on any atom is -0.352 e. The molecule has 0 radical (unpaired) electrons. The molecular formula is C11H11Cl2N3O. The third-order valence-corrected chi connectivity index (χ3v) is 2.75. The van der Waals surface area contributed by atoms with Gasteiger partial charge in [0.2, 0.25) is 0 Å². The first-order valence-electron chi connectivity index (χ1n) is 5.11. The number of halogens is 2. The number of unbranched alkanes of at least 4 members (excludes halogenated alkanes) is 2. The van der Waals surface area contributed by atoms with Crippen LogP contribution in [-0.4, -0.2) is 17.4 Å². The van der Waals surface area contributed by atoms with Crippen molar-refractivity contribution in [1.82, 2.24) is 10.3 Å². The van der Waals surface area contributed by atoms with Gasteiger partial charge in [-0.05, 0) is 18.9 Å². The lowest BCUT2D eigenvalue weighted by Gasteiger charge is -2.04. The number of carbonyl (C=O) groups excluding carboxylic acids is 1. The molecule has 6 heteroatoms. The Morgan fingerprint density at radius 3 is 2.88 bits per heavy atom. The standard InChI is InChI=1S/C11H11Cl2N3O/c12-9-6-8(7-16-10(9)13)11(17)15-5-3-1-2-4-14/h6-7H,1-3,5H2,(H,15,17). The van der Waals surface area contributed by atoms with Crippen LogP contribution in [0.3, 0.4) is 0 Å². The van der Waals surface area contributed by atoms with Crippen molar-refractivity contribution in [1.29, 1.82) is 5.26 Å². The first-order chi connectivity index (χ1) is 8.15. The normalized spacial score (nSPS) is 9.71. The molecule has 0 aliphatic heterocycles. The predicted molar refractivity (Wildman–Crippen MR) is 66.1 cm³/mol. The van der Waals surface area contributed by atoms with E-state index < -0.39 is 0 Å². The predicted octanol–water partition coefficient (Wildman–Crippen LogP) is 2.81. The van der Waals surface area contributed by atoms with Crippen LogP contribution >= 0.6 is 23.2 Å². The van der Waals surface area contributed by atoms with Crippen molar-refractivity contribution in [3.63, 3.8) is 0 Å². The van der Waals surface area contributed by atoms with E-state index in [4.69, 9.17) is 28.5 Å². The average molecular weight is 272 g/mol. The van der Waals surface area contributed by atoms with E-state index in [0.717, 1.165) is 12.8 Å². The molecule has 0 atom stereocenters. The van der Waals surface area contributed by atoms with Gasteiger partial charge in [-0.2, -0.15) is 5.26 Å². The maximum Gasteiger partial charge on any atom is 0.252 e. The highest BCUT2D eigenvalue weighted by atomic mass is 35.5. The number of nitrogens with one attached hydrogen (secondary N) is 1. The van der Waals surface area contributed by atoms with Crippen LogP contribution in [0.15, 0.2) is 12.3 Å². The summed E-state index contributed by atoms with van der Waals surface area (Å²) in [6, 6.07) is 3.52. The van der Waals surface area contributed by atoms with E-state index >= 15 is 0 Å². The molecule has 0 saturated heterocycles. The zero-order chi connectivity index (χ0) is 12.7. The van der Waals surface area contributed by atoms with E-state index in [2.05, 4.69) is 10.3 Å². The van der Waals surface area contributed by atoms with Gasteiger partial charge in [0, 0.05) is 19.2 Å². The molecule has 1 N–H and O–H groups in total. The van der Waals surface area contributed by atoms with Gasteiger partial charge in [-0.3, -0.25) is 4.79 Å². The number of nitrogens with zero attached hydrogens (tertiary/aromatic N) is 2. The number of hydrogen-bond acceptors (Lipinski definition) is 3. The Bertz CT molecular complexity index is 443. The number of rotatable bonds is 5. The number of amides is 1. The van der Waals surface area contributed by atoms with Crippen LogP contribution < -0.4 is 5.32 Å². The summed E-state index contributed by atoms with van der Waals surface area (Å²) >= 11 is 11.4. The molecule has 4 nitrogen and oxygen atoms in total. The Morgan fingerprint density at radius 1 is 1.47 bits per heavy atom. The molecule has 0 saturated carbocycles. The van der Waals surface area contributed by atoms with Crippen molar-refractivity contribution in [2.45, 2.75) is 19.3 Å². The summed E-state index contributed by atoms with van der Waals surface area (Å²) in [6.45, 7) is 0.529. The molecular weight excluding hydrogens is 261 g/mol. The highest BCUT2D eigenvalue weighted by Gasteiger charge is 2.08. The third kappa shape index (κ3) is 4.59. The van der Waals surface area contributed by atoms with Crippen LogP contribution in [0.25, 0.3) is 0 Å². The first-order valence-corrected chi connectivity index (χ1v) is 5.87. The zero-order valence-electron chi connectivity index (χ0n) is 9.04. The van der Waals surface area contributed by atoms with Crippen molar-refractivity contribution in [3.05, 3.63) is 28.0 Å². The van der Waals surface area contributed by atoms with Crippen LogP contribution in [0.4, 0.5) is 0 Å². The van der Waals surface area contributed by atoms with Gasteiger partial charge in [0.1, 0.15) is 5.15 Å². The maximum absolute atomic E-state index is 11.6. The summed E-state index contributed by atoms with van der Waals surface area (Å²) in [5, 5.41) is 11.5. The molecule has 0 fully saturated rings. The van der Waals surface area contributed by atoms with Crippen molar-refractivity contribution >= 4 is 29.1 Å². The Labute approximate surface area is 110 Å². The Balaban J connectivity index is 2.42. The van der Waals surface area contributed by atoms with Crippen molar-refractivity contribution in [2.75, 3.05) is 6.54 Å². The van der Waals surface area contributed by atoms with Crippen molar-refractivity contribution < 1.29 is 4.79 Å². The second-order valence-corrected chi connectivity index (χ2v) is 4.13. The number of nitriles is 1. The highest BCUT2D eigenvalue weighted by Crippen LogP contribution is 2.19. The minimum absolute atomic E-state index is 0.178. The van der Waals surface area contributed by atoms with Gasteiger partial charge in [0.25, 0.3) is 5.91 Å². The van der Waals surface area contributed by atoms with Crippen LogP contribution in [0.2, 0.25) is 10.2 Å². The van der Waals surface area contributed by atoms with Gasteiger partial charge >= 0.3 is 0 Å². The second kappa shape index (κ2) is 7.10. The van der Waals surface area contributed by atoms with E-state index in [1.807, 2.05) is 6.07 Å². The van der Waals surface area contributed by atoms with E-state index in [1.165, 1.54) is 12.3 Å². The molecule has 0 aliphatic carbocycles. The van der Waals surface area contributed by atoms with E-state index in [-0.39, 0.29) is 16.1 Å². The molecule has 1 aromatic heterocycles. The summed E-state index contributed by atoms with van der Waals surface area (Å²) in [6.07, 6.45) is 3.42. The summed E-state index contributed by atoms with van der Waals surface area (Å²) in [5.41, 5.74) is 0.375. The van der Waals surface area contributed by atoms with Crippen LogP contribution in [0, 0.1) is 11.3 Å². The highest BCUT2D eigenvalue weighted by molar-refractivity contribution is 6.41. The fourth-order valence-electron chi connectivity index (χ4n) is 1.18. The van der Waals surface area contributed by atoms with Gasteiger partial charge in [0.15, 0.2) is 0 Å². The first kappa shape index (κ1) is 13.8. The zero-order valence-corrected chi connectivity index (χ0v) is 10.6. The lowest BCUT2D eigenvalue weighted by molar-refractivity contribution is 0.0952. The maximum atomic E-state index is 11.6. The monoisotopic (exact) mass is 271 g/mol. The van der Waals surface area contributed by atoms with Crippen LogP contribution in [0.1, 0.15) is 29.6 Å². The molecule has 0 bridgehead atoms. The lowest BCUT2D eigenvalue weighted by atomic mass is 10.2. The lowest BCUT2D eigenvalue weighted by Crippen LogP contribution is -2.24. The molecule has 0 aromatic carbocycles. The minimum atomic E-state index is -0.243. The number of pyridine rings is 1. The van der Waals surface area contributed by atoms with Gasteiger partial charge < -0.3 is 5.32 Å². The SMILES string of the molecule is N#CCCCCNC(=O)c1cnc(Cl)c(Cl)c1. The summed E-state index contributed by atoms with van der Waals surface area (Å²) in [4.78, 5) is 15.4. The average Bonchev–Trinajstić information content (AvgIpc) is 2.32. The molecule has 1 aromatic rings. The molecule has 1 rings (SSSR count). The summed E-state index contributed by atoms with van der Waals surface area (Å²) < 4.78 is 0. The van der Waals surface area contributed by atoms with Gasteiger partial charge in [0.05, 0.1) is 16.7 Å². The molecule has 1 amide bonds. The summed E-state index contributed by atoms with van der Waals surface area (Å²) in [5.74, 6) is -0.243. The van der Waals surface area contributed by atoms with E-state index in [1.54, 1.807) is 0 Å². The van der Waals surface area contributed by atoms with Crippen LogP contribution in [0.5, 0.6) is 0 Å². The van der Waals surface area contributed by atoms with Gasteiger partial charge in [-0.15, -0.1) is 0 Å². The molecule has 0 aliphatic rings. The van der Waals surface area contributed by atoms with Crippen LogP contribution in [-0.2, 0) is 0 Å². The fraction of sp³-hybridized carbons (Fsp3) is 0.364. The van der Waals surface area contributed by atoms with E-state index in [0.29, 0.717) is 18.5 Å². The smallest absolute Gasteiger partial charge is 0.252 e. The van der Waals surface area contributed by atoms with Crippen molar-refractivity contribution in [2.24, 2.45) is 0 Å². The molecule has 17 heavy (non-hydrogen) atoms. The third-order valence-electron chi connectivity index (χ3n) is 2.06. The van der Waals surface area contributed by atoms with Crippen molar-refractivity contribution in [3.8, 4) is 6.07 Å². The molecule has 0 unspecified atom stereocenters. The van der Waals surface area contributed by atoms with Gasteiger partial charge in [-0.1, -0.05) is 23.2 Å². The number of aromatic nitrogens is 1. The van der Waals surface area contributed by atoms with Gasteiger partial charge in [-0.25, -0.2) is 4.98 Å². The second-order valence-electron chi connectivity index (χ2n) is 3.37. The number of hydrogen-bond donors (Lipinski definition) is 1. The topological polar surface area (TPSA) is 65.8 Å². The Kier molecular flexibility index (Phi) is 5.75. The fourth-order valence-corrected chi connectivity index (χ4v) is 1.45. The number of carbonyl (C=O) groups is 1. The Morgan fingerprint density at radius 2 is 2.24 bits per heavy atom.